The van der Waals surface area contributed by atoms with Crippen molar-refractivity contribution < 1.29 is 90.1 Å². The molecule has 0 aromatic carbocycles. The summed E-state index contributed by atoms with van der Waals surface area (Å²) >= 11 is 0.876. The molecular weight excluding hydrogens is 947 g/mol. The number of hydrogen-bond acceptors (Lipinski definition) is 20. The number of ether oxygens (including phenoxy) is 1. The lowest BCUT2D eigenvalue weighted by Gasteiger charge is -2.30. The molecule has 0 spiro atoms. The van der Waals surface area contributed by atoms with Crippen molar-refractivity contribution in [2.45, 2.75) is 96.4 Å². The molecular formula is C35H54N7O19P3S. The number of Topliss-reactive ketones (excluding diaryl/α,β-unsaturated/α-hetero) is 2. The van der Waals surface area contributed by atoms with Gasteiger partial charge in [-0.05, 0) is 25.2 Å². The van der Waals surface area contributed by atoms with Crippen molar-refractivity contribution in [3.63, 3.8) is 0 Å². The predicted molar refractivity (Wildman–Crippen MR) is 227 cm³/mol. The van der Waals surface area contributed by atoms with Crippen LogP contribution < -0.4 is 16.4 Å². The van der Waals surface area contributed by atoms with Gasteiger partial charge in [-0.25, -0.2) is 28.6 Å². The van der Waals surface area contributed by atoms with Crippen LogP contribution >= 0.6 is 35.2 Å². The molecule has 1 aliphatic heterocycles. The molecule has 1 aliphatic carbocycles. The van der Waals surface area contributed by atoms with E-state index in [1.54, 1.807) is 0 Å². The summed E-state index contributed by atoms with van der Waals surface area (Å²) in [6, 6.07) is 0. The van der Waals surface area contributed by atoms with Gasteiger partial charge in [0.1, 0.15) is 47.8 Å². The fraction of sp³-hybridized carbons (Fsp3) is 0.657. The van der Waals surface area contributed by atoms with E-state index in [0.29, 0.717) is 19.3 Å². The molecule has 0 radical (unpaired) electrons. The number of allylic oxidation sites excluding steroid dienone is 2. The lowest BCUT2D eigenvalue weighted by Crippen LogP contribution is -2.46. The standard InChI is InChI=1S/C35H54N7O19P3S/c1-4-5-6-7-22-20(8-9-23(22)44)14-21(43)15-26(46)65-13-12-37-25(45)10-11-38-33(49)30(48)35(2,3)17-58-64(55,56)61-63(53,54)57-16-24-29(60-62(50,51)52)28(47)34(59-24)42-19-41-27-31(36)39-18-40-32(27)42/h5-6,18-20,22,24,28-30,34,47-48H,4,7-17H2,1-3H3,(H,37,45)(H,38,49)(H,53,54)(H,55,56)(H2,36,39,40)(H2,50,51,52)/b6-5-/t20-,22-,24+,28+,29+,30?,34+/m0/s1. The van der Waals surface area contributed by atoms with Gasteiger partial charge in [0.15, 0.2) is 22.8 Å². The average molecular weight is 1000 g/mol. The number of nitrogens with one attached hydrogen (secondary N) is 2. The van der Waals surface area contributed by atoms with Crippen LogP contribution in [0, 0.1) is 17.3 Å². The first kappa shape index (κ1) is 54.2. The number of nitrogens with zero attached hydrogens (tertiary/aromatic N) is 4. The number of amides is 2. The highest BCUT2D eigenvalue weighted by atomic mass is 32.2. The summed E-state index contributed by atoms with van der Waals surface area (Å²) in [6.07, 6.45) is -0.847. The number of phosphoric ester groups is 3. The molecule has 2 aliphatic rings. The van der Waals surface area contributed by atoms with Gasteiger partial charge in [0.05, 0.1) is 26.0 Å². The van der Waals surface area contributed by atoms with Crippen molar-refractivity contribution in [3.8, 4) is 0 Å². The second-order valence-corrected chi connectivity index (χ2v) is 21.1. The molecule has 10 N–H and O–H groups in total. The number of phosphoric acid groups is 3. The van der Waals surface area contributed by atoms with Crippen LogP contribution in [0.5, 0.6) is 0 Å². The lowest BCUT2D eigenvalue weighted by atomic mass is 9.87. The van der Waals surface area contributed by atoms with E-state index in [4.69, 9.17) is 19.5 Å². The third-order valence-electron chi connectivity index (χ3n) is 10.1. The molecule has 2 fully saturated rings. The molecule has 30 heteroatoms. The van der Waals surface area contributed by atoms with E-state index in [1.807, 2.05) is 19.1 Å². The van der Waals surface area contributed by atoms with Crippen molar-refractivity contribution in [3.05, 3.63) is 24.8 Å². The summed E-state index contributed by atoms with van der Waals surface area (Å²) < 4.78 is 62.3. The van der Waals surface area contributed by atoms with E-state index >= 15 is 0 Å². The van der Waals surface area contributed by atoms with Crippen molar-refractivity contribution in [2.24, 2.45) is 17.3 Å². The van der Waals surface area contributed by atoms with Crippen molar-refractivity contribution in [1.29, 1.82) is 0 Å². The van der Waals surface area contributed by atoms with Gasteiger partial charge in [-0.3, -0.25) is 42.1 Å². The van der Waals surface area contributed by atoms with Gasteiger partial charge in [0.25, 0.3) is 0 Å². The maximum atomic E-state index is 12.7. The Morgan fingerprint density at radius 1 is 1.06 bits per heavy atom. The number of rotatable bonds is 26. The molecule has 0 bridgehead atoms. The Balaban J connectivity index is 1.16. The van der Waals surface area contributed by atoms with Gasteiger partial charge >= 0.3 is 23.5 Å². The van der Waals surface area contributed by atoms with E-state index in [-0.39, 0.29) is 83.6 Å². The van der Waals surface area contributed by atoms with Gasteiger partial charge in [-0.15, -0.1) is 0 Å². The number of carbonyl (C=O) groups is 5. The minimum absolute atomic E-state index is 0.0197. The Bertz CT molecular complexity index is 2210. The molecule has 3 unspecified atom stereocenters. The highest BCUT2D eigenvalue weighted by Gasteiger charge is 2.50. The van der Waals surface area contributed by atoms with E-state index in [1.165, 1.54) is 13.8 Å². The van der Waals surface area contributed by atoms with E-state index in [0.717, 1.165) is 35.4 Å². The minimum atomic E-state index is -5.60. The summed E-state index contributed by atoms with van der Waals surface area (Å²) in [6.45, 7) is 2.20. The Hall–Kier alpha value is -3.36. The highest BCUT2D eigenvalue weighted by molar-refractivity contribution is 8.13. The van der Waals surface area contributed by atoms with Gasteiger partial charge in [-0.2, -0.15) is 4.31 Å². The quantitative estimate of drug-likeness (QED) is 0.0274. The van der Waals surface area contributed by atoms with Gasteiger partial charge in [0, 0.05) is 49.4 Å². The van der Waals surface area contributed by atoms with Crippen LogP contribution in [-0.2, 0) is 60.3 Å². The minimum Gasteiger partial charge on any atom is -0.386 e. The monoisotopic (exact) mass is 1000 g/mol. The topological polar surface area (TPSA) is 398 Å². The second-order valence-electron chi connectivity index (χ2n) is 15.7. The number of fused-ring (bicyclic) bond motifs is 1. The summed E-state index contributed by atoms with van der Waals surface area (Å²) in [4.78, 5) is 113. The lowest BCUT2D eigenvalue weighted by molar-refractivity contribution is -0.137. The number of aromatic nitrogens is 4. The summed E-state index contributed by atoms with van der Waals surface area (Å²) in [5.41, 5.74) is 4.21. The van der Waals surface area contributed by atoms with Crippen LogP contribution in [0.1, 0.15) is 71.9 Å². The summed E-state index contributed by atoms with van der Waals surface area (Å²) in [7, 11) is -16.5. The number of aliphatic hydroxyl groups excluding tert-OH is 2. The predicted octanol–water partition coefficient (Wildman–Crippen LogP) is 0.966. The molecule has 364 valence electrons. The number of carbonyl (C=O) groups excluding carboxylic acids is 5. The first-order valence-electron chi connectivity index (χ1n) is 20.1. The van der Waals surface area contributed by atoms with Crippen LogP contribution in [0.3, 0.4) is 0 Å². The zero-order chi connectivity index (χ0) is 48.3. The maximum absolute atomic E-state index is 12.7. The fourth-order valence-electron chi connectivity index (χ4n) is 6.83. The molecule has 1 saturated carbocycles. The summed E-state index contributed by atoms with van der Waals surface area (Å²) in [5, 5.41) is 26.1. The normalized spacial score (nSPS) is 23.9. The first-order chi connectivity index (χ1) is 30.3. The number of ketones is 2. The van der Waals surface area contributed by atoms with Crippen LogP contribution in [0.25, 0.3) is 11.2 Å². The summed E-state index contributed by atoms with van der Waals surface area (Å²) in [5.74, 6) is -1.82. The molecule has 2 aromatic rings. The Labute approximate surface area is 376 Å². The van der Waals surface area contributed by atoms with E-state index in [9.17, 15) is 67.5 Å². The van der Waals surface area contributed by atoms with Gasteiger partial charge < -0.3 is 50.9 Å². The largest absolute Gasteiger partial charge is 0.481 e. The van der Waals surface area contributed by atoms with E-state index < -0.39 is 84.6 Å². The van der Waals surface area contributed by atoms with Crippen LogP contribution in [0.4, 0.5) is 5.82 Å². The zero-order valence-corrected chi connectivity index (χ0v) is 38.9. The van der Waals surface area contributed by atoms with Crippen molar-refractivity contribution >= 4 is 80.7 Å². The van der Waals surface area contributed by atoms with Gasteiger partial charge in [-0.1, -0.05) is 44.7 Å². The van der Waals surface area contributed by atoms with Crippen LogP contribution in [0.15, 0.2) is 24.8 Å². The third kappa shape index (κ3) is 16.4. The number of nitrogens with two attached hydrogens (primary N) is 1. The number of anilines is 1. The SMILES string of the molecule is CC/C=C\C[C@@H]1C(=O)CC[C@H]1CC(=O)CC(=O)SCCNC(=O)CCNC(=O)C(O)C(C)(C)COP(=O)(O)OP(=O)(O)OC[C@H]1O[C@@H](n2cnc3c(N)ncnc32)[C@H](O)[C@@H]1OP(=O)(O)O. The maximum Gasteiger partial charge on any atom is 0.481 e. The molecule has 26 nitrogen and oxygen atoms in total. The molecule has 1 saturated heterocycles. The first-order valence-corrected chi connectivity index (χ1v) is 25.6. The Morgan fingerprint density at radius 3 is 2.46 bits per heavy atom. The Morgan fingerprint density at radius 2 is 1.77 bits per heavy atom. The number of aliphatic hydroxyl groups is 2. The molecule has 65 heavy (non-hydrogen) atoms. The highest BCUT2D eigenvalue weighted by Crippen LogP contribution is 2.61. The smallest absolute Gasteiger partial charge is 0.386 e. The van der Waals surface area contributed by atoms with Crippen molar-refractivity contribution in [2.75, 3.05) is 37.8 Å². The molecule has 9 atom stereocenters. The number of nitrogen functional groups attached to an aromatic ring is 1. The average Bonchev–Trinajstić information content (AvgIpc) is 3.88. The fourth-order valence-corrected chi connectivity index (χ4v) is 10.4. The molecule has 4 rings (SSSR count). The number of imidazole rings is 1. The molecule has 2 aromatic heterocycles. The van der Waals surface area contributed by atoms with Crippen LogP contribution in [0.2, 0.25) is 0 Å². The van der Waals surface area contributed by atoms with Crippen LogP contribution in [-0.4, -0.2) is 134 Å². The Kier molecular flexibility index (Phi) is 19.7. The number of thioether (sulfide) groups is 1. The van der Waals surface area contributed by atoms with Gasteiger partial charge in [0.2, 0.25) is 11.8 Å². The van der Waals surface area contributed by atoms with E-state index in [2.05, 4.69) is 34.4 Å². The third-order valence-corrected chi connectivity index (χ3v) is 14.1. The zero-order valence-electron chi connectivity index (χ0n) is 35.4. The number of hydrogen-bond donors (Lipinski definition) is 9. The van der Waals surface area contributed by atoms with Crippen molar-refractivity contribution in [1.82, 2.24) is 30.2 Å². The molecule has 2 amide bonds. The second kappa shape index (κ2) is 23.6. The molecule has 3 heterocycles.